The molecule has 0 aromatic heterocycles. The Morgan fingerprint density at radius 1 is 0.938 bits per heavy atom. The lowest BCUT2D eigenvalue weighted by Crippen LogP contribution is -2.33. The summed E-state index contributed by atoms with van der Waals surface area (Å²) < 4.78 is 0. The standard InChI is InChI=1S/C11H23N.2C2H6/c1-3-4-10-12(2)11-8-6-5-7-9-11;2*1-2/h11H,3-10H2,1-2H3;2*1-2H3. The molecule has 0 bridgehead atoms. The van der Waals surface area contributed by atoms with Gasteiger partial charge in [-0.05, 0) is 32.9 Å². The average Bonchev–Trinajstić information content (AvgIpc) is 2.41. The first-order valence-corrected chi connectivity index (χ1v) is 7.55. The highest BCUT2D eigenvalue weighted by Gasteiger charge is 2.16. The van der Waals surface area contributed by atoms with Crippen molar-refractivity contribution in [3.8, 4) is 0 Å². The van der Waals surface area contributed by atoms with Gasteiger partial charge in [0.05, 0.1) is 0 Å². The average molecular weight is 229 g/mol. The second kappa shape index (κ2) is 15.0. The Labute approximate surface area is 105 Å². The molecular formula is C15H35N. The lowest BCUT2D eigenvalue weighted by atomic mass is 9.94. The molecular weight excluding hydrogens is 194 g/mol. The van der Waals surface area contributed by atoms with E-state index in [0.717, 1.165) is 6.04 Å². The first-order valence-electron chi connectivity index (χ1n) is 7.55. The zero-order valence-electron chi connectivity index (χ0n) is 12.7. The van der Waals surface area contributed by atoms with E-state index in [0.29, 0.717) is 0 Å². The summed E-state index contributed by atoms with van der Waals surface area (Å²) >= 11 is 0. The highest BCUT2D eigenvalue weighted by molar-refractivity contribution is 4.72. The van der Waals surface area contributed by atoms with Gasteiger partial charge in [0.1, 0.15) is 0 Å². The molecule has 0 saturated heterocycles. The van der Waals surface area contributed by atoms with Crippen molar-refractivity contribution in [2.24, 2.45) is 0 Å². The third-order valence-electron chi connectivity index (χ3n) is 3.06. The monoisotopic (exact) mass is 229 g/mol. The maximum atomic E-state index is 2.57. The van der Waals surface area contributed by atoms with E-state index < -0.39 is 0 Å². The third-order valence-corrected chi connectivity index (χ3v) is 3.06. The molecule has 1 fully saturated rings. The molecule has 16 heavy (non-hydrogen) atoms. The van der Waals surface area contributed by atoms with Gasteiger partial charge in [0.15, 0.2) is 0 Å². The fraction of sp³-hybridized carbons (Fsp3) is 1.00. The van der Waals surface area contributed by atoms with Crippen LogP contribution in [0, 0.1) is 0 Å². The normalized spacial score (nSPS) is 15.9. The van der Waals surface area contributed by atoms with Crippen molar-refractivity contribution < 1.29 is 0 Å². The number of unbranched alkanes of at least 4 members (excludes halogenated alkanes) is 1. The molecule has 0 spiro atoms. The van der Waals surface area contributed by atoms with Gasteiger partial charge in [0, 0.05) is 6.04 Å². The molecule has 0 aromatic rings. The van der Waals surface area contributed by atoms with Gasteiger partial charge < -0.3 is 4.90 Å². The predicted molar refractivity (Wildman–Crippen MR) is 77.1 cm³/mol. The second-order valence-electron chi connectivity index (χ2n) is 4.13. The molecule has 0 aromatic carbocycles. The topological polar surface area (TPSA) is 3.24 Å². The Morgan fingerprint density at radius 2 is 1.44 bits per heavy atom. The quantitative estimate of drug-likeness (QED) is 0.648. The van der Waals surface area contributed by atoms with E-state index in [-0.39, 0.29) is 0 Å². The maximum absolute atomic E-state index is 2.57. The van der Waals surface area contributed by atoms with Crippen molar-refractivity contribution in [2.45, 2.75) is 85.6 Å². The Balaban J connectivity index is 0. The van der Waals surface area contributed by atoms with E-state index in [4.69, 9.17) is 0 Å². The molecule has 0 aliphatic heterocycles. The van der Waals surface area contributed by atoms with E-state index in [1.54, 1.807) is 0 Å². The van der Waals surface area contributed by atoms with Gasteiger partial charge in [-0.3, -0.25) is 0 Å². The molecule has 100 valence electrons. The van der Waals surface area contributed by atoms with Gasteiger partial charge in [-0.25, -0.2) is 0 Å². The largest absolute Gasteiger partial charge is 0.303 e. The minimum absolute atomic E-state index is 0.908. The summed E-state index contributed by atoms with van der Waals surface area (Å²) in [4.78, 5) is 2.57. The lowest BCUT2D eigenvalue weighted by molar-refractivity contribution is 0.189. The van der Waals surface area contributed by atoms with Crippen LogP contribution in [-0.2, 0) is 0 Å². The summed E-state index contributed by atoms with van der Waals surface area (Å²) in [7, 11) is 2.30. The fourth-order valence-corrected chi connectivity index (χ4v) is 2.11. The molecule has 0 heterocycles. The number of nitrogens with zero attached hydrogens (tertiary/aromatic N) is 1. The Morgan fingerprint density at radius 3 is 1.88 bits per heavy atom. The molecule has 0 N–H and O–H groups in total. The molecule has 0 radical (unpaired) electrons. The highest BCUT2D eigenvalue weighted by Crippen LogP contribution is 2.21. The van der Waals surface area contributed by atoms with Crippen LogP contribution in [0.5, 0.6) is 0 Å². The molecule has 1 saturated carbocycles. The maximum Gasteiger partial charge on any atom is 0.00922 e. The van der Waals surface area contributed by atoms with Crippen LogP contribution in [0.2, 0.25) is 0 Å². The summed E-state index contributed by atoms with van der Waals surface area (Å²) in [5.41, 5.74) is 0. The molecule has 1 nitrogen and oxygen atoms in total. The van der Waals surface area contributed by atoms with Gasteiger partial charge in [-0.15, -0.1) is 0 Å². The van der Waals surface area contributed by atoms with Gasteiger partial charge in [-0.1, -0.05) is 60.3 Å². The summed E-state index contributed by atoms with van der Waals surface area (Å²) in [5.74, 6) is 0. The SMILES string of the molecule is CC.CC.CCCCN(C)C1CCCCC1. The summed E-state index contributed by atoms with van der Waals surface area (Å²) in [6.07, 6.45) is 9.98. The van der Waals surface area contributed by atoms with Crippen LogP contribution >= 0.6 is 0 Å². The van der Waals surface area contributed by atoms with Crippen molar-refractivity contribution in [1.82, 2.24) is 4.90 Å². The minimum atomic E-state index is 0.908. The van der Waals surface area contributed by atoms with E-state index in [9.17, 15) is 0 Å². The van der Waals surface area contributed by atoms with Crippen LogP contribution < -0.4 is 0 Å². The fourth-order valence-electron chi connectivity index (χ4n) is 2.11. The summed E-state index contributed by atoms with van der Waals surface area (Å²) in [5, 5.41) is 0. The molecule has 1 heteroatoms. The number of rotatable bonds is 4. The van der Waals surface area contributed by atoms with Crippen LogP contribution in [0.25, 0.3) is 0 Å². The van der Waals surface area contributed by atoms with Crippen LogP contribution in [0.15, 0.2) is 0 Å². The van der Waals surface area contributed by atoms with E-state index in [1.165, 1.54) is 51.5 Å². The number of hydrogen-bond acceptors (Lipinski definition) is 1. The van der Waals surface area contributed by atoms with Crippen molar-refractivity contribution >= 4 is 0 Å². The lowest BCUT2D eigenvalue weighted by Gasteiger charge is -2.31. The third kappa shape index (κ3) is 9.21. The van der Waals surface area contributed by atoms with E-state index in [1.807, 2.05) is 27.7 Å². The van der Waals surface area contributed by atoms with Gasteiger partial charge >= 0.3 is 0 Å². The van der Waals surface area contributed by atoms with Crippen LogP contribution in [0.1, 0.15) is 79.6 Å². The molecule has 0 amide bonds. The summed E-state index contributed by atoms with van der Waals surface area (Å²) in [6.45, 7) is 11.6. The highest BCUT2D eigenvalue weighted by atomic mass is 15.1. The van der Waals surface area contributed by atoms with Crippen molar-refractivity contribution in [1.29, 1.82) is 0 Å². The molecule has 0 atom stereocenters. The van der Waals surface area contributed by atoms with Crippen LogP contribution in [0.3, 0.4) is 0 Å². The van der Waals surface area contributed by atoms with Crippen molar-refractivity contribution in [2.75, 3.05) is 13.6 Å². The van der Waals surface area contributed by atoms with E-state index in [2.05, 4.69) is 18.9 Å². The van der Waals surface area contributed by atoms with Gasteiger partial charge in [0.2, 0.25) is 0 Å². The van der Waals surface area contributed by atoms with Crippen LogP contribution in [-0.4, -0.2) is 24.5 Å². The predicted octanol–water partition coefficient (Wildman–Crippen LogP) is 5.10. The van der Waals surface area contributed by atoms with Crippen molar-refractivity contribution in [3.05, 3.63) is 0 Å². The Bertz CT molecular complexity index is 106. The Kier molecular flexibility index (Phi) is 17.1. The zero-order chi connectivity index (χ0) is 12.8. The van der Waals surface area contributed by atoms with Gasteiger partial charge in [0.25, 0.3) is 0 Å². The first kappa shape index (κ1) is 18.3. The first-order chi connectivity index (χ1) is 7.84. The summed E-state index contributed by atoms with van der Waals surface area (Å²) in [6, 6.07) is 0.908. The molecule has 0 unspecified atom stereocenters. The second-order valence-corrected chi connectivity index (χ2v) is 4.13. The van der Waals surface area contributed by atoms with Crippen molar-refractivity contribution in [3.63, 3.8) is 0 Å². The Hall–Kier alpha value is -0.0400. The van der Waals surface area contributed by atoms with Gasteiger partial charge in [-0.2, -0.15) is 0 Å². The minimum Gasteiger partial charge on any atom is -0.303 e. The smallest absolute Gasteiger partial charge is 0.00922 e. The number of hydrogen-bond donors (Lipinski definition) is 0. The zero-order valence-corrected chi connectivity index (χ0v) is 12.7. The van der Waals surface area contributed by atoms with Crippen LogP contribution in [0.4, 0.5) is 0 Å². The molecule has 1 aliphatic rings. The van der Waals surface area contributed by atoms with E-state index >= 15 is 0 Å². The molecule has 1 aliphatic carbocycles. The molecule has 1 rings (SSSR count).